The number of benzene rings is 1. The van der Waals surface area contributed by atoms with Gasteiger partial charge in [-0.1, -0.05) is 0 Å². The Hall–Kier alpha value is -1.77. The van der Waals surface area contributed by atoms with Crippen molar-refractivity contribution in [1.29, 1.82) is 5.26 Å². The number of methoxy groups -OCH3 is 1. The Morgan fingerprint density at radius 3 is 2.89 bits per heavy atom. The first-order chi connectivity index (χ1) is 12.5. The number of thiazole rings is 1. The van der Waals surface area contributed by atoms with E-state index in [4.69, 9.17) is 10.00 Å². The summed E-state index contributed by atoms with van der Waals surface area (Å²) >= 11 is 1.56. The molecule has 0 bridgehead atoms. The van der Waals surface area contributed by atoms with E-state index in [1.54, 1.807) is 25.5 Å². The number of nitriles is 1. The summed E-state index contributed by atoms with van der Waals surface area (Å²) in [5.74, 6) is 0.258. The Balaban J connectivity index is 0.00000364. The highest BCUT2D eigenvalue weighted by Gasteiger charge is 2.13. The second-order valence-corrected chi connectivity index (χ2v) is 6.62. The van der Waals surface area contributed by atoms with Crippen LogP contribution in [0, 0.1) is 17.1 Å². The molecule has 0 fully saturated rings. The number of nitrogens with zero attached hydrogens (tertiary/aromatic N) is 4. The lowest BCUT2D eigenvalue weighted by Gasteiger charge is -2.21. The van der Waals surface area contributed by atoms with Gasteiger partial charge in [-0.25, -0.2) is 9.37 Å². The quantitative estimate of drug-likeness (QED) is 0.370. The maximum absolute atomic E-state index is 13.9. The Kier molecular flexibility index (Phi) is 9.62. The topological polar surface area (TPSA) is 73.5 Å². The molecule has 0 aliphatic rings. The number of ether oxygens (including phenoxy) is 1. The van der Waals surface area contributed by atoms with Crippen molar-refractivity contribution in [3.05, 3.63) is 51.2 Å². The Labute approximate surface area is 180 Å². The van der Waals surface area contributed by atoms with Crippen molar-refractivity contribution < 1.29 is 9.13 Å². The van der Waals surface area contributed by atoms with Crippen LogP contribution in [0.15, 0.2) is 28.6 Å². The summed E-state index contributed by atoms with van der Waals surface area (Å²) in [6.07, 6.45) is -0.0353. The maximum Gasteiger partial charge on any atom is 0.194 e. The molecule has 0 saturated carbocycles. The van der Waals surface area contributed by atoms with E-state index in [9.17, 15) is 4.39 Å². The lowest BCUT2D eigenvalue weighted by Crippen LogP contribution is -2.38. The monoisotopic (exact) mass is 503 g/mol. The summed E-state index contributed by atoms with van der Waals surface area (Å²) in [6.45, 7) is 2.76. The number of guanidine groups is 1. The minimum absolute atomic E-state index is 0. The van der Waals surface area contributed by atoms with E-state index in [1.165, 1.54) is 18.2 Å². The van der Waals surface area contributed by atoms with Gasteiger partial charge in [-0.2, -0.15) is 5.26 Å². The van der Waals surface area contributed by atoms with Gasteiger partial charge in [0.25, 0.3) is 0 Å². The molecular weight excluding hydrogens is 480 g/mol. The molecule has 1 aromatic carbocycles. The van der Waals surface area contributed by atoms with Crippen molar-refractivity contribution >= 4 is 41.3 Å². The molecule has 1 heterocycles. The highest BCUT2D eigenvalue weighted by Crippen LogP contribution is 2.21. The molecule has 0 aliphatic heterocycles. The van der Waals surface area contributed by atoms with Gasteiger partial charge in [0.05, 0.1) is 23.9 Å². The number of nitrogens with one attached hydrogen (secondary N) is 1. The van der Waals surface area contributed by atoms with Crippen LogP contribution in [0.2, 0.25) is 0 Å². The summed E-state index contributed by atoms with van der Waals surface area (Å²) in [5.41, 5.74) is 1.76. The summed E-state index contributed by atoms with van der Waals surface area (Å²) in [6, 6.07) is 6.31. The van der Waals surface area contributed by atoms with Gasteiger partial charge in [-0.05, 0) is 25.1 Å². The molecule has 27 heavy (non-hydrogen) atoms. The zero-order valence-electron chi connectivity index (χ0n) is 15.7. The van der Waals surface area contributed by atoms with Crippen LogP contribution in [0.5, 0.6) is 0 Å². The van der Waals surface area contributed by atoms with Crippen LogP contribution in [0.25, 0.3) is 0 Å². The van der Waals surface area contributed by atoms with E-state index in [0.29, 0.717) is 23.6 Å². The fraction of sp³-hybridized carbons (Fsp3) is 0.389. The molecule has 0 aliphatic carbocycles. The standard InChI is InChI=1S/C18H22FN5OS.HI/c1-12(25-4)17-23-15(11-26-17)10-24(3)18(21-2)22-9-14-7-13(8-20)5-6-16(14)19;/h5-7,11-12H,9-10H2,1-4H3,(H,21,22);1H. The molecule has 0 radical (unpaired) electrons. The van der Waals surface area contributed by atoms with Gasteiger partial charge in [0.15, 0.2) is 5.96 Å². The van der Waals surface area contributed by atoms with Crippen molar-refractivity contribution in [3.63, 3.8) is 0 Å². The van der Waals surface area contributed by atoms with Crippen molar-refractivity contribution in [3.8, 4) is 6.07 Å². The van der Waals surface area contributed by atoms with Crippen LogP contribution in [0.1, 0.15) is 34.9 Å². The number of aliphatic imine (C=N–C) groups is 1. The van der Waals surface area contributed by atoms with Gasteiger partial charge >= 0.3 is 0 Å². The maximum atomic E-state index is 13.9. The number of halogens is 2. The van der Waals surface area contributed by atoms with E-state index in [0.717, 1.165) is 10.7 Å². The molecular formula is C18H23FIN5OS. The number of aromatic nitrogens is 1. The lowest BCUT2D eigenvalue weighted by atomic mass is 10.1. The van der Waals surface area contributed by atoms with Crippen molar-refractivity contribution in [2.45, 2.75) is 26.1 Å². The van der Waals surface area contributed by atoms with Crippen LogP contribution >= 0.6 is 35.3 Å². The molecule has 0 amide bonds. The Bertz CT molecular complexity index is 820. The van der Waals surface area contributed by atoms with Crippen molar-refractivity contribution in [2.24, 2.45) is 4.99 Å². The van der Waals surface area contributed by atoms with Gasteiger partial charge in [-0.15, -0.1) is 35.3 Å². The Morgan fingerprint density at radius 2 is 2.26 bits per heavy atom. The van der Waals surface area contributed by atoms with Crippen molar-refractivity contribution in [2.75, 3.05) is 21.2 Å². The smallest absolute Gasteiger partial charge is 0.194 e. The Morgan fingerprint density at radius 1 is 1.52 bits per heavy atom. The summed E-state index contributed by atoms with van der Waals surface area (Å²) < 4.78 is 19.2. The molecule has 1 N–H and O–H groups in total. The molecule has 1 unspecified atom stereocenters. The van der Waals surface area contributed by atoms with Crippen LogP contribution < -0.4 is 5.32 Å². The molecule has 2 aromatic rings. The molecule has 1 atom stereocenters. The molecule has 0 spiro atoms. The van der Waals surface area contributed by atoms with E-state index >= 15 is 0 Å². The van der Waals surface area contributed by atoms with Gasteiger partial charge < -0.3 is 15.0 Å². The average molecular weight is 503 g/mol. The largest absolute Gasteiger partial charge is 0.375 e. The van der Waals surface area contributed by atoms with E-state index in [-0.39, 0.29) is 42.4 Å². The van der Waals surface area contributed by atoms with Gasteiger partial charge in [0.2, 0.25) is 0 Å². The first-order valence-corrected chi connectivity index (χ1v) is 8.93. The average Bonchev–Trinajstić information content (AvgIpc) is 3.11. The molecule has 6 nitrogen and oxygen atoms in total. The molecule has 2 rings (SSSR count). The lowest BCUT2D eigenvalue weighted by molar-refractivity contribution is 0.119. The third-order valence-corrected chi connectivity index (χ3v) is 4.91. The second kappa shape index (κ2) is 11.2. The van der Waals surface area contributed by atoms with Crippen molar-refractivity contribution in [1.82, 2.24) is 15.2 Å². The third kappa shape index (κ3) is 6.41. The number of hydrogen-bond acceptors (Lipinski definition) is 5. The fourth-order valence-electron chi connectivity index (χ4n) is 2.34. The summed E-state index contributed by atoms with van der Waals surface area (Å²) in [5, 5.41) is 15.0. The second-order valence-electron chi connectivity index (χ2n) is 5.73. The van der Waals surface area contributed by atoms with E-state index in [2.05, 4.69) is 15.3 Å². The zero-order chi connectivity index (χ0) is 19.1. The first kappa shape index (κ1) is 23.3. The van der Waals surface area contributed by atoms with Crippen LogP contribution in [0.4, 0.5) is 4.39 Å². The minimum Gasteiger partial charge on any atom is -0.375 e. The highest BCUT2D eigenvalue weighted by atomic mass is 127. The van der Waals surface area contributed by atoms with Gasteiger partial charge in [0, 0.05) is 38.7 Å². The summed E-state index contributed by atoms with van der Waals surface area (Å²) in [7, 11) is 5.21. The van der Waals surface area contributed by atoms with Crippen LogP contribution in [-0.2, 0) is 17.8 Å². The van der Waals surface area contributed by atoms with Crippen LogP contribution in [0.3, 0.4) is 0 Å². The van der Waals surface area contributed by atoms with E-state index in [1.807, 2.05) is 30.3 Å². The number of hydrogen-bond donors (Lipinski definition) is 1. The summed E-state index contributed by atoms with van der Waals surface area (Å²) in [4.78, 5) is 10.7. The fourth-order valence-corrected chi connectivity index (χ4v) is 3.18. The minimum atomic E-state index is -0.354. The van der Waals surface area contributed by atoms with Gasteiger partial charge in [-0.3, -0.25) is 4.99 Å². The normalized spacial score (nSPS) is 12.1. The van der Waals surface area contributed by atoms with Gasteiger partial charge in [0.1, 0.15) is 16.9 Å². The zero-order valence-corrected chi connectivity index (χ0v) is 18.8. The first-order valence-electron chi connectivity index (χ1n) is 8.05. The predicted octanol–water partition coefficient (Wildman–Crippen LogP) is 3.69. The number of rotatable bonds is 6. The third-order valence-electron chi connectivity index (χ3n) is 3.86. The van der Waals surface area contributed by atoms with Crippen LogP contribution in [-0.4, -0.2) is 37.0 Å². The highest BCUT2D eigenvalue weighted by molar-refractivity contribution is 14.0. The predicted molar refractivity (Wildman–Crippen MR) is 116 cm³/mol. The molecule has 0 saturated heterocycles. The molecule has 146 valence electrons. The molecule has 1 aromatic heterocycles. The SMILES string of the molecule is CN=C(NCc1cc(C#N)ccc1F)N(C)Cc1csc(C(C)OC)n1.I. The van der Waals surface area contributed by atoms with E-state index < -0.39 is 0 Å². The molecule has 9 heteroatoms.